The van der Waals surface area contributed by atoms with Crippen molar-refractivity contribution in [1.29, 1.82) is 0 Å². The van der Waals surface area contributed by atoms with Gasteiger partial charge < -0.3 is 9.64 Å². The van der Waals surface area contributed by atoms with E-state index in [1.54, 1.807) is 4.90 Å². The summed E-state index contributed by atoms with van der Waals surface area (Å²) in [5.41, 5.74) is 0.182. The molecule has 1 unspecified atom stereocenters. The molecule has 30 heavy (non-hydrogen) atoms. The smallest absolute Gasteiger partial charge is 0.325 e. The number of benzene rings is 2. The molecule has 0 radical (unpaired) electrons. The van der Waals surface area contributed by atoms with Crippen molar-refractivity contribution in [2.45, 2.75) is 57.7 Å². The predicted molar refractivity (Wildman–Crippen MR) is 124 cm³/mol. The number of amides is 1. The Hall–Kier alpha value is -2.40. The minimum atomic E-state index is -2.40. The SMILES string of the molecule is CC(C)OC(=O)CN1CC([Si](c2ccccc2)(c2ccccc2)C(C)(C)C)CC1=O. The average Bonchev–Trinajstić information content (AvgIpc) is 3.02. The lowest BCUT2D eigenvalue weighted by molar-refractivity contribution is -0.151. The molecule has 3 rings (SSSR count). The summed E-state index contributed by atoms with van der Waals surface area (Å²) in [4.78, 5) is 26.9. The molecule has 0 N–H and O–H groups in total. The Labute approximate surface area is 181 Å². The fourth-order valence-electron chi connectivity index (χ4n) is 5.19. The van der Waals surface area contributed by atoms with Crippen molar-refractivity contribution in [1.82, 2.24) is 4.90 Å². The summed E-state index contributed by atoms with van der Waals surface area (Å²) in [6.45, 7) is 11.2. The van der Waals surface area contributed by atoms with E-state index in [4.69, 9.17) is 4.74 Å². The number of ether oxygens (including phenoxy) is 1. The molecule has 1 amide bonds. The zero-order chi connectivity index (χ0) is 21.9. The van der Waals surface area contributed by atoms with Crippen LogP contribution in [0.2, 0.25) is 10.6 Å². The van der Waals surface area contributed by atoms with Gasteiger partial charge in [0.25, 0.3) is 0 Å². The molecule has 160 valence electrons. The number of carbonyl (C=O) groups is 2. The Balaban J connectivity index is 2.06. The van der Waals surface area contributed by atoms with Gasteiger partial charge >= 0.3 is 5.97 Å². The zero-order valence-electron chi connectivity index (χ0n) is 18.7. The lowest BCUT2D eigenvalue weighted by Crippen LogP contribution is -2.67. The highest BCUT2D eigenvalue weighted by molar-refractivity contribution is 7.05. The van der Waals surface area contributed by atoms with Crippen molar-refractivity contribution >= 4 is 30.3 Å². The van der Waals surface area contributed by atoms with Gasteiger partial charge in [-0.15, -0.1) is 0 Å². The summed E-state index contributed by atoms with van der Waals surface area (Å²) in [5, 5.41) is 2.66. The standard InChI is InChI=1S/C25H33NO3Si/c1-19(2)29-24(28)18-26-17-22(16-23(26)27)30(25(3,4)5,20-12-8-6-9-13-20)21-14-10-7-11-15-21/h6-15,19,22H,16-18H2,1-5H3. The molecular formula is C25H33NO3Si. The molecule has 4 nitrogen and oxygen atoms in total. The quantitative estimate of drug-likeness (QED) is 0.527. The van der Waals surface area contributed by atoms with E-state index < -0.39 is 8.07 Å². The first kappa shape index (κ1) is 22.3. The van der Waals surface area contributed by atoms with Gasteiger partial charge in [-0.05, 0) is 24.4 Å². The molecule has 2 aromatic carbocycles. The van der Waals surface area contributed by atoms with Crippen LogP contribution in [-0.2, 0) is 14.3 Å². The maximum atomic E-state index is 13.0. The number of hydrogen-bond acceptors (Lipinski definition) is 3. The molecule has 1 fully saturated rings. The van der Waals surface area contributed by atoms with Crippen LogP contribution in [-0.4, -0.2) is 44.0 Å². The van der Waals surface area contributed by atoms with E-state index in [0.717, 1.165) is 0 Å². The molecule has 2 aromatic rings. The molecule has 0 spiro atoms. The summed E-state index contributed by atoms with van der Waals surface area (Å²) in [5.74, 6) is -0.282. The maximum Gasteiger partial charge on any atom is 0.325 e. The Bertz CT molecular complexity index is 835. The number of nitrogens with zero attached hydrogens (tertiary/aromatic N) is 1. The second kappa shape index (κ2) is 8.76. The minimum absolute atomic E-state index is 0.0187. The summed E-state index contributed by atoms with van der Waals surface area (Å²) < 4.78 is 5.30. The summed E-state index contributed by atoms with van der Waals surface area (Å²) in [6, 6.07) is 21.4. The molecular weight excluding hydrogens is 390 g/mol. The molecule has 1 atom stereocenters. The first-order valence-electron chi connectivity index (χ1n) is 10.7. The van der Waals surface area contributed by atoms with E-state index in [9.17, 15) is 9.59 Å². The van der Waals surface area contributed by atoms with Crippen molar-refractivity contribution in [2.75, 3.05) is 13.1 Å². The molecule has 1 heterocycles. The molecule has 1 aliphatic rings. The lowest BCUT2D eigenvalue weighted by atomic mass is 10.2. The van der Waals surface area contributed by atoms with E-state index in [2.05, 4.69) is 69.3 Å². The lowest BCUT2D eigenvalue weighted by Gasteiger charge is -2.48. The van der Waals surface area contributed by atoms with Crippen LogP contribution in [0.5, 0.6) is 0 Å². The van der Waals surface area contributed by atoms with Crippen molar-refractivity contribution in [2.24, 2.45) is 0 Å². The van der Waals surface area contributed by atoms with E-state index in [1.807, 2.05) is 26.0 Å². The van der Waals surface area contributed by atoms with E-state index in [0.29, 0.717) is 13.0 Å². The van der Waals surface area contributed by atoms with Gasteiger partial charge in [-0.3, -0.25) is 9.59 Å². The maximum absolute atomic E-state index is 13.0. The number of carbonyl (C=O) groups excluding carboxylic acids is 2. The van der Waals surface area contributed by atoms with Crippen LogP contribution in [0.25, 0.3) is 0 Å². The average molecular weight is 424 g/mol. The van der Waals surface area contributed by atoms with Crippen LogP contribution in [0.4, 0.5) is 0 Å². The Morgan fingerprint density at radius 2 is 1.53 bits per heavy atom. The van der Waals surface area contributed by atoms with Crippen LogP contribution in [0.15, 0.2) is 60.7 Å². The van der Waals surface area contributed by atoms with Crippen LogP contribution < -0.4 is 10.4 Å². The fourth-order valence-corrected chi connectivity index (χ4v) is 11.8. The Kier molecular flexibility index (Phi) is 6.51. The van der Waals surface area contributed by atoms with Gasteiger partial charge in [0.2, 0.25) is 5.91 Å². The second-order valence-electron chi connectivity index (χ2n) is 9.50. The van der Waals surface area contributed by atoms with Crippen LogP contribution in [0.3, 0.4) is 0 Å². The van der Waals surface area contributed by atoms with Gasteiger partial charge in [-0.2, -0.15) is 0 Å². The van der Waals surface area contributed by atoms with Crippen molar-refractivity contribution in [3.05, 3.63) is 60.7 Å². The van der Waals surface area contributed by atoms with Crippen LogP contribution >= 0.6 is 0 Å². The fraction of sp³-hybridized carbons (Fsp3) is 0.440. The van der Waals surface area contributed by atoms with Crippen molar-refractivity contribution in [3.63, 3.8) is 0 Å². The van der Waals surface area contributed by atoms with E-state index in [-0.39, 0.29) is 35.1 Å². The third-order valence-electron chi connectivity index (χ3n) is 6.16. The summed E-state index contributed by atoms with van der Waals surface area (Å²) >= 11 is 0. The molecule has 0 aromatic heterocycles. The first-order chi connectivity index (χ1) is 14.2. The van der Waals surface area contributed by atoms with Crippen LogP contribution in [0, 0.1) is 0 Å². The monoisotopic (exact) mass is 423 g/mol. The minimum Gasteiger partial charge on any atom is -0.462 e. The summed E-state index contributed by atoms with van der Waals surface area (Å²) in [6.07, 6.45) is 0.296. The molecule has 1 saturated heterocycles. The van der Waals surface area contributed by atoms with Gasteiger partial charge in [0.05, 0.1) is 6.10 Å². The van der Waals surface area contributed by atoms with Gasteiger partial charge in [0.1, 0.15) is 14.6 Å². The largest absolute Gasteiger partial charge is 0.462 e. The molecule has 5 heteroatoms. The first-order valence-corrected chi connectivity index (χ1v) is 12.8. The van der Waals surface area contributed by atoms with Gasteiger partial charge in [-0.1, -0.05) is 91.8 Å². The third-order valence-corrected chi connectivity index (χ3v) is 12.6. The van der Waals surface area contributed by atoms with Crippen LogP contribution in [0.1, 0.15) is 41.0 Å². The van der Waals surface area contributed by atoms with E-state index >= 15 is 0 Å². The number of esters is 1. The summed E-state index contributed by atoms with van der Waals surface area (Å²) in [7, 11) is -2.40. The van der Waals surface area contributed by atoms with E-state index in [1.165, 1.54) is 10.4 Å². The highest BCUT2D eigenvalue weighted by atomic mass is 28.3. The molecule has 0 aliphatic carbocycles. The van der Waals surface area contributed by atoms with Gasteiger partial charge in [0.15, 0.2) is 0 Å². The predicted octanol–water partition coefficient (Wildman–Crippen LogP) is 3.60. The second-order valence-corrected chi connectivity index (χ2v) is 14.6. The van der Waals surface area contributed by atoms with Crippen molar-refractivity contribution in [3.8, 4) is 0 Å². The molecule has 0 saturated carbocycles. The Morgan fingerprint density at radius 1 is 1.03 bits per heavy atom. The number of hydrogen-bond donors (Lipinski definition) is 0. The topological polar surface area (TPSA) is 46.6 Å². The highest BCUT2D eigenvalue weighted by Gasteiger charge is 2.56. The normalized spacial score (nSPS) is 17.5. The number of rotatable bonds is 6. The number of likely N-dealkylation sites (tertiary alicyclic amines) is 1. The molecule has 0 bridgehead atoms. The third kappa shape index (κ3) is 4.22. The van der Waals surface area contributed by atoms with Gasteiger partial charge in [-0.25, -0.2) is 0 Å². The highest BCUT2D eigenvalue weighted by Crippen LogP contribution is 2.47. The zero-order valence-corrected chi connectivity index (χ0v) is 19.7. The van der Waals surface area contributed by atoms with Crippen molar-refractivity contribution < 1.29 is 14.3 Å². The Morgan fingerprint density at radius 3 is 1.97 bits per heavy atom. The molecule has 1 aliphatic heterocycles. The van der Waals surface area contributed by atoms with Gasteiger partial charge in [0, 0.05) is 13.0 Å².